The summed E-state index contributed by atoms with van der Waals surface area (Å²) in [6.07, 6.45) is 6.08. The minimum Gasteiger partial charge on any atom is -0.478 e. The van der Waals surface area contributed by atoms with Gasteiger partial charge in [0.2, 0.25) is 0 Å². The van der Waals surface area contributed by atoms with E-state index >= 15 is 0 Å². The van der Waals surface area contributed by atoms with Crippen LogP contribution in [0.3, 0.4) is 0 Å². The van der Waals surface area contributed by atoms with E-state index in [4.69, 9.17) is 32.0 Å². The van der Waals surface area contributed by atoms with E-state index in [0.29, 0.717) is 24.3 Å². The molecular formula is C30H35ClN2O8. The molecule has 4 N–H and O–H groups in total. The number of fused-ring (bicyclic) bond motifs is 1. The van der Waals surface area contributed by atoms with Crippen LogP contribution in [0.2, 0.25) is 5.02 Å². The molecule has 0 saturated carbocycles. The third-order valence-corrected chi connectivity index (χ3v) is 6.70. The number of halogens is 1. The second kappa shape index (κ2) is 17.6. The molecular weight excluding hydrogens is 552 g/mol. The molecule has 0 amide bonds. The summed E-state index contributed by atoms with van der Waals surface area (Å²) >= 11 is 6.11. The van der Waals surface area contributed by atoms with Crippen molar-refractivity contribution in [2.45, 2.75) is 32.4 Å². The first kappa shape index (κ1) is 33.2. The van der Waals surface area contributed by atoms with E-state index in [2.05, 4.69) is 52.3 Å². The maximum atomic E-state index is 9.55. The van der Waals surface area contributed by atoms with Gasteiger partial charge in [-0.1, -0.05) is 48.0 Å². The molecule has 10 nitrogen and oxygen atoms in total. The summed E-state index contributed by atoms with van der Waals surface area (Å²) in [6.45, 7) is 7.07. The normalized spacial score (nSPS) is 15.7. The molecule has 0 aromatic heterocycles. The van der Waals surface area contributed by atoms with Crippen LogP contribution in [0.1, 0.15) is 29.5 Å². The third kappa shape index (κ3) is 14.3. The summed E-state index contributed by atoms with van der Waals surface area (Å²) in [6, 6.07) is 17.2. The molecule has 11 heteroatoms. The molecule has 0 bridgehead atoms. The van der Waals surface area contributed by atoms with Crippen LogP contribution < -0.4 is 0 Å². The number of rotatable bonds is 8. The summed E-state index contributed by atoms with van der Waals surface area (Å²) in [4.78, 5) is 43.5. The zero-order valence-corrected chi connectivity index (χ0v) is 23.3. The number of piperidine rings is 1. The van der Waals surface area contributed by atoms with E-state index in [-0.39, 0.29) is 0 Å². The number of benzene rings is 2. The van der Waals surface area contributed by atoms with Gasteiger partial charge in [0.1, 0.15) is 0 Å². The van der Waals surface area contributed by atoms with E-state index < -0.39 is 23.9 Å². The van der Waals surface area contributed by atoms with Gasteiger partial charge in [0, 0.05) is 55.5 Å². The van der Waals surface area contributed by atoms with E-state index in [1.54, 1.807) is 5.56 Å². The van der Waals surface area contributed by atoms with Gasteiger partial charge in [0.25, 0.3) is 0 Å². The summed E-state index contributed by atoms with van der Waals surface area (Å²) < 4.78 is 0. The molecule has 2 aliphatic rings. The van der Waals surface area contributed by atoms with Gasteiger partial charge in [0.05, 0.1) is 0 Å². The van der Waals surface area contributed by atoms with E-state index in [1.807, 2.05) is 6.07 Å². The van der Waals surface area contributed by atoms with Crippen LogP contribution in [0.15, 0.2) is 72.8 Å². The van der Waals surface area contributed by atoms with Crippen LogP contribution in [0.5, 0.6) is 0 Å². The van der Waals surface area contributed by atoms with Crippen molar-refractivity contribution in [3.8, 4) is 0 Å². The molecule has 0 unspecified atom stereocenters. The first-order chi connectivity index (χ1) is 19.5. The Morgan fingerprint density at radius 1 is 0.732 bits per heavy atom. The molecule has 0 spiro atoms. The fraction of sp³-hybridized carbons (Fsp3) is 0.333. The smallest absolute Gasteiger partial charge is 0.328 e. The van der Waals surface area contributed by atoms with Crippen molar-refractivity contribution in [1.82, 2.24) is 9.80 Å². The Morgan fingerprint density at radius 3 is 1.78 bits per heavy atom. The van der Waals surface area contributed by atoms with E-state index in [1.165, 1.54) is 56.6 Å². The number of carboxylic acids is 4. The Hall–Kier alpha value is -3.99. The highest BCUT2D eigenvalue weighted by atomic mass is 35.5. The molecule has 1 fully saturated rings. The van der Waals surface area contributed by atoms with Crippen LogP contribution in [-0.2, 0) is 38.7 Å². The van der Waals surface area contributed by atoms with Crippen molar-refractivity contribution in [1.29, 1.82) is 0 Å². The van der Waals surface area contributed by atoms with Crippen LogP contribution in [-0.4, -0.2) is 80.3 Å². The molecule has 0 aliphatic carbocycles. The molecule has 220 valence electrons. The van der Waals surface area contributed by atoms with Crippen molar-refractivity contribution >= 4 is 35.5 Å². The maximum Gasteiger partial charge on any atom is 0.328 e. The van der Waals surface area contributed by atoms with Crippen LogP contribution in [0, 0.1) is 5.92 Å². The quantitative estimate of drug-likeness (QED) is 0.333. The number of nitrogens with zero attached hydrogens (tertiary/aromatic N) is 2. The third-order valence-electron chi connectivity index (χ3n) is 6.47. The minimum atomic E-state index is -1.26. The summed E-state index contributed by atoms with van der Waals surface area (Å²) in [5, 5.41) is 32.1. The van der Waals surface area contributed by atoms with E-state index in [9.17, 15) is 19.2 Å². The van der Waals surface area contributed by atoms with Crippen LogP contribution in [0.25, 0.3) is 0 Å². The lowest BCUT2D eigenvalue weighted by molar-refractivity contribution is -0.134. The van der Waals surface area contributed by atoms with Crippen molar-refractivity contribution < 1.29 is 39.6 Å². The summed E-state index contributed by atoms with van der Waals surface area (Å²) in [5.41, 5.74) is 4.42. The van der Waals surface area contributed by atoms with Gasteiger partial charge < -0.3 is 20.4 Å². The molecule has 4 rings (SSSR count). The van der Waals surface area contributed by atoms with Crippen LogP contribution >= 0.6 is 11.6 Å². The van der Waals surface area contributed by atoms with Gasteiger partial charge in [-0.3, -0.25) is 9.80 Å². The highest BCUT2D eigenvalue weighted by molar-refractivity contribution is 6.30. The van der Waals surface area contributed by atoms with Crippen molar-refractivity contribution in [2.24, 2.45) is 5.92 Å². The van der Waals surface area contributed by atoms with Gasteiger partial charge in [-0.25, -0.2) is 19.2 Å². The molecule has 0 atom stereocenters. The SMILES string of the molecule is Clc1cccc(CN2CCC(CN3CCc4ccccc4C3)CC2)c1.O=C(O)/C=C/C(=O)O.O=C(O)/C=C/C(=O)O. The lowest BCUT2D eigenvalue weighted by Gasteiger charge is -2.36. The van der Waals surface area contributed by atoms with Gasteiger partial charge in [-0.05, 0) is 67.1 Å². The van der Waals surface area contributed by atoms with Crippen LogP contribution in [0.4, 0.5) is 0 Å². The van der Waals surface area contributed by atoms with Crippen molar-refractivity contribution in [3.63, 3.8) is 0 Å². The predicted octanol–water partition coefficient (Wildman–Crippen LogP) is 4.03. The molecule has 0 radical (unpaired) electrons. The number of hydrogen-bond donors (Lipinski definition) is 4. The average Bonchev–Trinajstić information content (AvgIpc) is 2.92. The number of carboxylic acid groups (broad SMARTS) is 4. The fourth-order valence-electron chi connectivity index (χ4n) is 4.58. The van der Waals surface area contributed by atoms with Crippen molar-refractivity contribution in [3.05, 3.63) is 94.5 Å². The van der Waals surface area contributed by atoms with Gasteiger partial charge in [-0.2, -0.15) is 0 Å². The molecule has 2 aliphatic heterocycles. The molecule has 2 aromatic carbocycles. The van der Waals surface area contributed by atoms with Crippen molar-refractivity contribution in [2.75, 3.05) is 26.2 Å². The first-order valence-electron chi connectivity index (χ1n) is 13.1. The summed E-state index contributed by atoms with van der Waals surface area (Å²) in [7, 11) is 0. The lowest BCUT2D eigenvalue weighted by Crippen LogP contribution is -2.40. The Kier molecular flexibility index (Phi) is 14.3. The summed E-state index contributed by atoms with van der Waals surface area (Å²) in [5.74, 6) is -4.18. The lowest BCUT2D eigenvalue weighted by atomic mass is 9.93. The molecule has 2 aromatic rings. The Morgan fingerprint density at radius 2 is 1.27 bits per heavy atom. The maximum absolute atomic E-state index is 9.55. The molecule has 2 heterocycles. The fourth-order valence-corrected chi connectivity index (χ4v) is 4.79. The predicted molar refractivity (Wildman–Crippen MR) is 154 cm³/mol. The Balaban J connectivity index is 0.000000304. The van der Waals surface area contributed by atoms with Gasteiger partial charge in [0.15, 0.2) is 0 Å². The number of likely N-dealkylation sites (tertiary alicyclic amines) is 1. The highest BCUT2D eigenvalue weighted by Crippen LogP contribution is 2.24. The number of hydrogen-bond acceptors (Lipinski definition) is 6. The monoisotopic (exact) mass is 586 g/mol. The first-order valence-corrected chi connectivity index (χ1v) is 13.4. The molecule has 1 saturated heterocycles. The standard InChI is InChI=1S/C22H27ClN2.2C4H4O4/c23-22-7-3-4-19(14-22)16-24-11-8-18(9-12-24)15-25-13-10-20-5-1-2-6-21(20)17-25;2*5-3(6)1-2-4(7)8/h1-7,14,18H,8-13,15-17H2;2*1-2H,(H,5,6)(H,7,8)/b;2*2-1+. The average molecular weight is 587 g/mol. The highest BCUT2D eigenvalue weighted by Gasteiger charge is 2.23. The number of carbonyl (C=O) groups is 4. The Bertz CT molecular complexity index is 1170. The second-order valence-electron chi connectivity index (χ2n) is 9.62. The largest absolute Gasteiger partial charge is 0.478 e. The zero-order valence-electron chi connectivity index (χ0n) is 22.6. The molecule has 41 heavy (non-hydrogen) atoms. The topological polar surface area (TPSA) is 156 Å². The second-order valence-corrected chi connectivity index (χ2v) is 10.1. The van der Waals surface area contributed by atoms with E-state index in [0.717, 1.165) is 24.0 Å². The minimum absolute atomic E-state index is 0.558. The Labute approximate surface area is 243 Å². The van der Waals surface area contributed by atoms with Gasteiger partial charge in [-0.15, -0.1) is 0 Å². The zero-order chi connectivity index (χ0) is 30.2. The van der Waals surface area contributed by atoms with Gasteiger partial charge >= 0.3 is 23.9 Å². The number of aliphatic carboxylic acids is 4.